The average Bonchev–Trinajstić information content (AvgIpc) is 3.18. The molecule has 0 amide bonds. The van der Waals surface area contributed by atoms with E-state index in [-0.39, 0.29) is 11.3 Å². The fourth-order valence-electron chi connectivity index (χ4n) is 4.45. The van der Waals surface area contributed by atoms with Crippen molar-refractivity contribution in [1.82, 2.24) is 24.0 Å². The molecule has 0 radical (unpaired) electrons. The van der Waals surface area contributed by atoms with Gasteiger partial charge in [-0.1, -0.05) is 6.07 Å². The summed E-state index contributed by atoms with van der Waals surface area (Å²) in [7, 11) is 5.93. The lowest BCUT2D eigenvalue weighted by molar-refractivity contribution is -0.0498. The molecule has 0 aliphatic heterocycles. The van der Waals surface area contributed by atoms with Gasteiger partial charge < -0.3 is 18.9 Å². The summed E-state index contributed by atoms with van der Waals surface area (Å²) in [5.74, 6) is 1.29. The van der Waals surface area contributed by atoms with Crippen LogP contribution in [0.2, 0.25) is 0 Å². The largest absolute Gasteiger partial charge is 0.478 e. The zero-order valence-corrected chi connectivity index (χ0v) is 21.5. The summed E-state index contributed by atoms with van der Waals surface area (Å²) in [6, 6.07) is 17.0. The quantitative estimate of drug-likeness (QED) is 0.287. The first-order chi connectivity index (χ1) is 18.2. The molecule has 0 N–H and O–H groups in total. The molecule has 0 unspecified atom stereocenters. The van der Waals surface area contributed by atoms with Crippen molar-refractivity contribution in [1.29, 1.82) is 0 Å². The van der Waals surface area contributed by atoms with Crippen molar-refractivity contribution in [2.75, 3.05) is 20.7 Å². The summed E-state index contributed by atoms with van der Waals surface area (Å²) in [6.45, 7) is 0.00875. The summed E-state index contributed by atoms with van der Waals surface area (Å²) < 4.78 is 38.9. The maximum absolute atomic E-state index is 14.0. The molecular weight excluding hydrogens is 492 g/mol. The molecule has 0 bridgehead atoms. The number of imidazole rings is 1. The van der Waals surface area contributed by atoms with Crippen molar-refractivity contribution in [3.05, 3.63) is 76.8 Å². The van der Waals surface area contributed by atoms with E-state index in [1.165, 1.54) is 16.7 Å². The molecular formula is C28H27F2N5O3. The Hall–Kier alpha value is -4.31. The minimum absolute atomic E-state index is 0.00425. The van der Waals surface area contributed by atoms with Crippen LogP contribution < -0.4 is 15.0 Å². The molecule has 8 nitrogen and oxygen atoms in total. The fraction of sp³-hybridized carbons (Fsp3) is 0.250. The van der Waals surface area contributed by atoms with Gasteiger partial charge >= 0.3 is 6.61 Å². The van der Waals surface area contributed by atoms with Crippen LogP contribution in [0.15, 0.2) is 65.5 Å². The maximum atomic E-state index is 14.0. The first kappa shape index (κ1) is 25.3. The lowest BCUT2D eigenvalue weighted by Gasteiger charge is -2.14. The number of fused-ring (bicyclic) bond motifs is 2. The van der Waals surface area contributed by atoms with Gasteiger partial charge in [0.05, 0.1) is 29.9 Å². The lowest BCUT2D eigenvalue weighted by Crippen LogP contribution is -2.21. The molecule has 0 atom stereocenters. The van der Waals surface area contributed by atoms with Crippen molar-refractivity contribution in [3.63, 3.8) is 0 Å². The van der Waals surface area contributed by atoms with Crippen molar-refractivity contribution in [2.24, 2.45) is 7.05 Å². The molecule has 0 spiro atoms. The van der Waals surface area contributed by atoms with Gasteiger partial charge in [-0.3, -0.25) is 9.36 Å². The van der Waals surface area contributed by atoms with Crippen LogP contribution in [0, 0.1) is 0 Å². The van der Waals surface area contributed by atoms with Crippen molar-refractivity contribution >= 4 is 22.1 Å². The van der Waals surface area contributed by atoms with Crippen LogP contribution in [0.5, 0.6) is 11.6 Å². The number of aromatic nitrogens is 4. The fourth-order valence-corrected chi connectivity index (χ4v) is 4.45. The van der Waals surface area contributed by atoms with E-state index in [0.717, 1.165) is 22.4 Å². The Bertz CT molecular complexity index is 1680. The highest BCUT2D eigenvalue weighted by molar-refractivity contribution is 5.87. The van der Waals surface area contributed by atoms with E-state index < -0.39 is 6.61 Å². The number of pyridine rings is 2. The smallest absolute Gasteiger partial charge is 0.387 e. The summed E-state index contributed by atoms with van der Waals surface area (Å²) in [5, 5.41) is 0.717. The molecule has 2 aromatic carbocycles. The van der Waals surface area contributed by atoms with E-state index in [0.29, 0.717) is 41.3 Å². The number of nitrogens with zero attached hydrogens (tertiary/aromatic N) is 5. The first-order valence-corrected chi connectivity index (χ1v) is 12.1. The predicted octanol–water partition coefficient (Wildman–Crippen LogP) is 5.00. The van der Waals surface area contributed by atoms with Crippen molar-refractivity contribution in [3.8, 4) is 28.4 Å². The van der Waals surface area contributed by atoms with Gasteiger partial charge in [0.25, 0.3) is 5.56 Å². The molecule has 10 heteroatoms. The molecule has 0 aliphatic carbocycles. The lowest BCUT2D eigenvalue weighted by atomic mass is 10.0. The maximum Gasteiger partial charge on any atom is 0.387 e. The van der Waals surface area contributed by atoms with Gasteiger partial charge in [0, 0.05) is 24.1 Å². The van der Waals surface area contributed by atoms with E-state index in [9.17, 15) is 13.6 Å². The third kappa shape index (κ3) is 4.82. The van der Waals surface area contributed by atoms with E-state index in [1.54, 1.807) is 18.2 Å². The number of rotatable bonds is 8. The third-order valence-corrected chi connectivity index (χ3v) is 6.18. The van der Waals surface area contributed by atoms with Gasteiger partial charge in [-0.15, -0.1) is 0 Å². The van der Waals surface area contributed by atoms with Gasteiger partial charge in [0.2, 0.25) is 5.88 Å². The Morgan fingerprint density at radius 3 is 2.45 bits per heavy atom. The third-order valence-electron chi connectivity index (χ3n) is 6.18. The second-order valence-corrected chi connectivity index (χ2v) is 9.09. The summed E-state index contributed by atoms with van der Waals surface area (Å²) >= 11 is 0. The average molecular weight is 520 g/mol. The van der Waals surface area contributed by atoms with Crippen LogP contribution in [0.3, 0.4) is 0 Å². The van der Waals surface area contributed by atoms with Crippen LogP contribution in [0.1, 0.15) is 12.7 Å². The molecule has 196 valence electrons. The van der Waals surface area contributed by atoms with E-state index in [2.05, 4.69) is 9.72 Å². The molecule has 0 fully saturated rings. The highest BCUT2D eigenvalue weighted by Gasteiger charge is 2.17. The second-order valence-electron chi connectivity index (χ2n) is 9.09. The molecule has 0 aliphatic rings. The van der Waals surface area contributed by atoms with Crippen LogP contribution in [-0.4, -0.2) is 51.3 Å². The van der Waals surface area contributed by atoms with Gasteiger partial charge in [0.15, 0.2) is 5.65 Å². The second kappa shape index (κ2) is 10.2. The Morgan fingerprint density at radius 2 is 1.76 bits per heavy atom. The molecule has 3 aromatic heterocycles. The minimum Gasteiger partial charge on any atom is -0.478 e. The molecule has 0 saturated heterocycles. The van der Waals surface area contributed by atoms with Crippen LogP contribution >= 0.6 is 0 Å². The van der Waals surface area contributed by atoms with Crippen molar-refractivity contribution < 1.29 is 18.3 Å². The number of halogens is 2. The summed E-state index contributed by atoms with van der Waals surface area (Å²) in [5.41, 5.74) is 3.48. The SMILES string of the molecule is CCOc1ccc2cc(-c3ccc4nc(CN(C)C)n(C)c4c3)c(=O)n(-c3ccc(OC(F)F)cc3)c2n1. The normalized spacial score (nSPS) is 11.7. The monoisotopic (exact) mass is 519 g/mol. The number of ether oxygens (including phenoxy) is 2. The zero-order chi connectivity index (χ0) is 27.0. The van der Waals surface area contributed by atoms with Crippen molar-refractivity contribution in [2.45, 2.75) is 20.1 Å². The Kier molecular flexibility index (Phi) is 6.81. The molecule has 0 saturated carbocycles. The highest BCUT2D eigenvalue weighted by atomic mass is 19.3. The van der Waals surface area contributed by atoms with Gasteiger partial charge in [-0.05, 0) is 75.1 Å². The van der Waals surface area contributed by atoms with Crippen LogP contribution in [0.25, 0.3) is 38.9 Å². The summed E-state index contributed by atoms with van der Waals surface area (Å²) in [6.07, 6.45) is 0. The zero-order valence-electron chi connectivity index (χ0n) is 21.5. The van der Waals surface area contributed by atoms with Gasteiger partial charge in [-0.25, -0.2) is 4.98 Å². The molecule has 5 rings (SSSR count). The molecule has 3 heterocycles. The van der Waals surface area contributed by atoms with E-state index in [1.807, 2.05) is 67.9 Å². The first-order valence-electron chi connectivity index (χ1n) is 12.1. The minimum atomic E-state index is -2.94. The topological polar surface area (TPSA) is 74.4 Å². The highest BCUT2D eigenvalue weighted by Crippen LogP contribution is 2.28. The Balaban J connectivity index is 1.71. The number of alkyl halides is 2. The number of benzene rings is 2. The predicted molar refractivity (Wildman–Crippen MR) is 142 cm³/mol. The standard InChI is InChI=1S/C28H27F2N5O3/c1-5-37-25-13-7-18-14-21(17-6-12-22-23(15-17)34(4)24(31-22)16-33(2)3)27(36)35(26(18)32-25)19-8-10-20(11-9-19)38-28(29)30/h6-15,28H,5,16H2,1-4H3. The van der Waals surface area contributed by atoms with E-state index >= 15 is 0 Å². The summed E-state index contributed by atoms with van der Waals surface area (Å²) in [4.78, 5) is 25.3. The van der Waals surface area contributed by atoms with Crippen LogP contribution in [-0.2, 0) is 13.6 Å². The molecule has 5 aromatic rings. The van der Waals surface area contributed by atoms with Gasteiger partial charge in [0.1, 0.15) is 11.6 Å². The van der Waals surface area contributed by atoms with E-state index in [4.69, 9.17) is 9.72 Å². The number of aryl methyl sites for hydroxylation is 1. The Morgan fingerprint density at radius 1 is 1.00 bits per heavy atom. The van der Waals surface area contributed by atoms with Gasteiger partial charge in [-0.2, -0.15) is 13.8 Å². The molecule has 38 heavy (non-hydrogen) atoms. The van der Waals surface area contributed by atoms with Crippen LogP contribution in [0.4, 0.5) is 8.78 Å². The number of hydrogen-bond acceptors (Lipinski definition) is 6. The number of hydrogen-bond donors (Lipinski definition) is 0. The Labute approximate surface area is 217 Å².